The maximum Gasteiger partial charge on any atom is 0.330 e. The predicted molar refractivity (Wildman–Crippen MR) is 139 cm³/mol. The quantitative estimate of drug-likeness (QED) is 0.448. The molecule has 192 valence electrons. The lowest BCUT2D eigenvalue weighted by molar-refractivity contribution is -0.0598. The predicted octanol–water partition coefficient (Wildman–Crippen LogP) is 3.52. The minimum Gasteiger partial charge on any atom is -0.414 e. The molecule has 1 saturated heterocycles. The molecular weight excluding hydrogens is 468 g/mol. The molecule has 8 nitrogen and oxygen atoms in total. The SMILES string of the molecule is C#C[C@]1(O)[C@@H](CO[Si](C)(C)C(C)(C)C)O[C@@H](n2cc(C)c(=O)[nH]c2=O)[C@@H]1O[Si](C)(C)C(C)(C)C. The lowest BCUT2D eigenvalue weighted by Crippen LogP contribution is -2.56. The Kier molecular flexibility index (Phi) is 7.77. The van der Waals surface area contributed by atoms with Crippen LogP contribution in [0.4, 0.5) is 0 Å². The number of aromatic amines is 1. The number of terminal acetylenes is 1. The largest absolute Gasteiger partial charge is 0.414 e. The van der Waals surface area contributed by atoms with E-state index in [-0.39, 0.29) is 16.7 Å². The lowest BCUT2D eigenvalue weighted by atomic mass is 9.93. The van der Waals surface area contributed by atoms with Crippen LogP contribution >= 0.6 is 0 Å². The van der Waals surface area contributed by atoms with Crippen LogP contribution in [0.2, 0.25) is 36.3 Å². The van der Waals surface area contributed by atoms with Crippen LogP contribution in [0.5, 0.6) is 0 Å². The highest BCUT2D eigenvalue weighted by Crippen LogP contribution is 2.46. The Balaban J connectivity index is 2.59. The number of aromatic nitrogens is 2. The van der Waals surface area contributed by atoms with E-state index in [2.05, 4.69) is 65.5 Å². The van der Waals surface area contributed by atoms with Gasteiger partial charge in [-0.15, -0.1) is 6.42 Å². The van der Waals surface area contributed by atoms with Gasteiger partial charge in [0, 0.05) is 11.8 Å². The molecule has 2 rings (SSSR count). The van der Waals surface area contributed by atoms with E-state index in [1.165, 1.54) is 10.8 Å². The van der Waals surface area contributed by atoms with Crippen molar-refractivity contribution in [3.05, 3.63) is 32.6 Å². The average molecular weight is 511 g/mol. The summed E-state index contributed by atoms with van der Waals surface area (Å²) in [5, 5.41) is 11.5. The van der Waals surface area contributed by atoms with Crippen molar-refractivity contribution in [2.45, 2.75) is 109 Å². The Morgan fingerprint density at radius 3 is 2.15 bits per heavy atom. The molecule has 0 amide bonds. The third kappa shape index (κ3) is 5.35. The van der Waals surface area contributed by atoms with E-state index >= 15 is 0 Å². The van der Waals surface area contributed by atoms with Crippen molar-refractivity contribution >= 4 is 16.6 Å². The second kappa shape index (κ2) is 9.19. The monoisotopic (exact) mass is 510 g/mol. The highest BCUT2D eigenvalue weighted by Gasteiger charge is 2.59. The van der Waals surface area contributed by atoms with Crippen LogP contribution in [-0.2, 0) is 13.6 Å². The molecule has 1 aromatic rings. The molecule has 0 unspecified atom stereocenters. The lowest BCUT2D eigenvalue weighted by Gasteiger charge is -2.42. The van der Waals surface area contributed by atoms with Gasteiger partial charge in [-0.2, -0.15) is 0 Å². The molecule has 0 radical (unpaired) electrons. The summed E-state index contributed by atoms with van der Waals surface area (Å²) >= 11 is 0. The van der Waals surface area contributed by atoms with Gasteiger partial charge in [0.1, 0.15) is 12.2 Å². The fourth-order valence-corrected chi connectivity index (χ4v) is 5.50. The average Bonchev–Trinajstić information content (AvgIpc) is 2.93. The minimum atomic E-state index is -2.47. The molecule has 2 heterocycles. The van der Waals surface area contributed by atoms with E-state index < -0.39 is 51.9 Å². The van der Waals surface area contributed by atoms with Crippen LogP contribution < -0.4 is 11.2 Å². The second-order valence-corrected chi connectivity index (χ2v) is 21.9. The molecule has 1 aromatic heterocycles. The normalized spacial score (nSPS) is 26.5. The molecule has 0 spiro atoms. The number of aliphatic hydroxyl groups is 1. The topological polar surface area (TPSA) is 103 Å². The van der Waals surface area contributed by atoms with Crippen LogP contribution in [0.1, 0.15) is 53.3 Å². The van der Waals surface area contributed by atoms with Crippen molar-refractivity contribution < 1.29 is 18.7 Å². The molecule has 0 aliphatic carbocycles. The molecule has 10 heteroatoms. The molecule has 1 aliphatic heterocycles. The van der Waals surface area contributed by atoms with Crippen LogP contribution in [0.3, 0.4) is 0 Å². The van der Waals surface area contributed by atoms with Gasteiger partial charge >= 0.3 is 5.69 Å². The van der Waals surface area contributed by atoms with Crippen molar-refractivity contribution in [2.75, 3.05) is 6.61 Å². The van der Waals surface area contributed by atoms with E-state index in [1.807, 2.05) is 13.1 Å². The standard InChI is InChI=1S/C24H42N2O6Si2/c1-13-24(29)17(15-30-33(9,10)22(3,4)5)31-20(18(24)32-34(11,12)23(6,7)8)26-14-16(2)19(27)25-21(26)28/h1,14,17-18,20,29H,15H2,2-12H3,(H,25,27,28)/t17-,18+,20-,24+/m1/s1. The van der Waals surface area contributed by atoms with E-state index in [9.17, 15) is 14.7 Å². The highest BCUT2D eigenvalue weighted by atomic mass is 28.4. The summed E-state index contributed by atoms with van der Waals surface area (Å²) in [7, 11) is -4.65. The summed E-state index contributed by atoms with van der Waals surface area (Å²) in [6, 6.07) is 0. The smallest absolute Gasteiger partial charge is 0.330 e. The molecule has 34 heavy (non-hydrogen) atoms. The van der Waals surface area contributed by atoms with Crippen molar-refractivity contribution in [1.29, 1.82) is 0 Å². The van der Waals surface area contributed by atoms with E-state index in [1.54, 1.807) is 6.92 Å². The van der Waals surface area contributed by atoms with Gasteiger partial charge in [0.25, 0.3) is 5.56 Å². The first-order valence-electron chi connectivity index (χ1n) is 11.7. The minimum absolute atomic E-state index is 0.0523. The molecule has 1 aliphatic rings. The Morgan fingerprint density at radius 1 is 1.15 bits per heavy atom. The van der Waals surface area contributed by atoms with Crippen molar-refractivity contribution in [3.63, 3.8) is 0 Å². The van der Waals surface area contributed by atoms with Gasteiger partial charge in [0.2, 0.25) is 0 Å². The first-order valence-corrected chi connectivity index (χ1v) is 17.5. The Hall–Kier alpha value is -1.49. The molecule has 0 bridgehead atoms. The third-order valence-corrected chi connectivity index (χ3v) is 16.7. The molecular formula is C24H42N2O6Si2. The molecule has 0 aromatic carbocycles. The van der Waals surface area contributed by atoms with Crippen molar-refractivity contribution in [1.82, 2.24) is 9.55 Å². The van der Waals surface area contributed by atoms with Gasteiger partial charge in [-0.1, -0.05) is 47.5 Å². The second-order valence-electron chi connectivity index (χ2n) is 12.3. The number of aryl methyl sites for hydroxylation is 1. The zero-order valence-electron chi connectivity index (χ0n) is 22.5. The first kappa shape index (κ1) is 28.7. The van der Waals surface area contributed by atoms with Crippen LogP contribution in [0.25, 0.3) is 0 Å². The number of hydrogen-bond acceptors (Lipinski definition) is 6. The third-order valence-electron chi connectivity index (χ3n) is 7.77. The van der Waals surface area contributed by atoms with E-state index in [0.717, 1.165) is 0 Å². The van der Waals surface area contributed by atoms with E-state index in [4.69, 9.17) is 20.0 Å². The van der Waals surface area contributed by atoms with Crippen LogP contribution in [0, 0.1) is 19.3 Å². The zero-order chi connectivity index (χ0) is 26.5. The maximum absolute atomic E-state index is 12.8. The fraction of sp³-hybridized carbons (Fsp3) is 0.750. The molecule has 0 saturated carbocycles. The van der Waals surface area contributed by atoms with Gasteiger partial charge in [-0.3, -0.25) is 14.3 Å². The molecule has 2 N–H and O–H groups in total. The number of nitrogens with one attached hydrogen (secondary N) is 1. The van der Waals surface area contributed by atoms with Gasteiger partial charge in [0.15, 0.2) is 28.5 Å². The molecule has 4 atom stereocenters. The summed E-state index contributed by atoms with van der Waals surface area (Å²) in [6.07, 6.45) is 4.32. The van der Waals surface area contributed by atoms with Gasteiger partial charge in [-0.25, -0.2) is 4.79 Å². The number of ether oxygens (including phenoxy) is 1. The van der Waals surface area contributed by atoms with Crippen molar-refractivity contribution in [2.24, 2.45) is 0 Å². The first-order chi connectivity index (χ1) is 15.2. The summed E-state index contributed by atoms with van der Waals surface area (Å²) in [6.45, 7) is 22.5. The Bertz CT molecular complexity index is 1060. The number of rotatable bonds is 6. The number of H-pyrrole nitrogens is 1. The van der Waals surface area contributed by atoms with Crippen molar-refractivity contribution in [3.8, 4) is 12.3 Å². The van der Waals surface area contributed by atoms with Gasteiger partial charge < -0.3 is 18.7 Å². The molecule has 1 fully saturated rings. The van der Waals surface area contributed by atoms with Gasteiger partial charge in [0.05, 0.1) is 6.61 Å². The fourth-order valence-electron chi connectivity index (χ4n) is 3.21. The van der Waals surface area contributed by atoms with Crippen LogP contribution in [-0.4, -0.2) is 55.7 Å². The highest BCUT2D eigenvalue weighted by molar-refractivity contribution is 6.74. The number of nitrogens with zero attached hydrogens (tertiary/aromatic N) is 1. The Labute approximate surface area is 205 Å². The summed E-state index contributed by atoms with van der Waals surface area (Å²) < 4.78 is 20.5. The maximum atomic E-state index is 12.8. The van der Waals surface area contributed by atoms with Crippen LogP contribution in [0.15, 0.2) is 15.8 Å². The van der Waals surface area contributed by atoms with E-state index in [0.29, 0.717) is 5.56 Å². The Morgan fingerprint density at radius 2 is 1.68 bits per heavy atom. The number of hydrogen-bond donors (Lipinski definition) is 2. The van der Waals surface area contributed by atoms with Gasteiger partial charge in [-0.05, 0) is 43.2 Å². The zero-order valence-corrected chi connectivity index (χ0v) is 24.5. The summed E-state index contributed by atoms with van der Waals surface area (Å²) in [5.41, 5.74) is -2.65. The summed E-state index contributed by atoms with van der Waals surface area (Å²) in [5.74, 6) is 2.51. The summed E-state index contributed by atoms with van der Waals surface area (Å²) in [4.78, 5) is 27.0.